The largest absolute Gasteiger partial charge is 0.480 e. The van der Waals surface area contributed by atoms with Crippen molar-refractivity contribution in [2.75, 3.05) is 24.5 Å². The van der Waals surface area contributed by atoms with E-state index in [0.717, 1.165) is 48.9 Å². The van der Waals surface area contributed by atoms with E-state index in [1.165, 1.54) is 0 Å². The summed E-state index contributed by atoms with van der Waals surface area (Å²) in [6.07, 6.45) is 4.76. The van der Waals surface area contributed by atoms with Crippen molar-refractivity contribution in [3.05, 3.63) is 11.1 Å². The fourth-order valence-electron chi connectivity index (χ4n) is 2.67. The number of aliphatic carboxylic acids is 1. The van der Waals surface area contributed by atoms with Gasteiger partial charge in [0, 0.05) is 30.7 Å². The topological polar surface area (TPSA) is 56.7 Å². The summed E-state index contributed by atoms with van der Waals surface area (Å²) in [6, 6.07) is -0.331. The van der Waals surface area contributed by atoms with Crippen molar-refractivity contribution in [3.8, 4) is 0 Å². The first-order valence-electron chi connectivity index (χ1n) is 7.32. The van der Waals surface area contributed by atoms with Crippen LogP contribution in [0.1, 0.15) is 38.0 Å². The van der Waals surface area contributed by atoms with Crippen LogP contribution in [0.4, 0.5) is 5.13 Å². The highest BCUT2D eigenvalue weighted by molar-refractivity contribution is 7.15. The van der Waals surface area contributed by atoms with E-state index in [0.29, 0.717) is 6.54 Å². The number of nitrogens with zero attached hydrogens (tertiary/aromatic N) is 3. The van der Waals surface area contributed by atoms with Crippen LogP contribution in [0, 0.1) is 0 Å². The van der Waals surface area contributed by atoms with Crippen LogP contribution >= 0.6 is 11.3 Å². The zero-order chi connectivity index (χ0) is 14.5. The molecule has 1 aliphatic rings. The molecule has 1 aromatic rings. The lowest BCUT2D eigenvalue weighted by Gasteiger charge is -2.32. The Labute approximate surface area is 124 Å². The van der Waals surface area contributed by atoms with E-state index in [4.69, 9.17) is 0 Å². The van der Waals surface area contributed by atoms with E-state index in [2.05, 4.69) is 28.6 Å². The van der Waals surface area contributed by atoms with Crippen LogP contribution in [0.5, 0.6) is 0 Å². The molecule has 1 aromatic heterocycles. The number of thiazole rings is 1. The number of hydrogen-bond donors (Lipinski definition) is 1. The molecule has 0 radical (unpaired) electrons. The van der Waals surface area contributed by atoms with Gasteiger partial charge in [0.1, 0.15) is 6.04 Å². The average molecular weight is 297 g/mol. The van der Waals surface area contributed by atoms with Gasteiger partial charge in [-0.25, -0.2) is 4.98 Å². The molecule has 0 spiro atoms. The molecule has 1 fully saturated rings. The molecular weight excluding hydrogens is 274 g/mol. The summed E-state index contributed by atoms with van der Waals surface area (Å²) in [5.41, 5.74) is 0. The van der Waals surface area contributed by atoms with Crippen LogP contribution in [0.25, 0.3) is 0 Å². The van der Waals surface area contributed by atoms with Gasteiger partial charge in [0.25, 0.3) is 0 Å². The number of rotatable bonds is 6. The van der Waals surface area contributed by atoms with Crippen molar-refractivity contribution in [2.45, 2.75) is 45.7 Å². The van der Waals surface area contributed by atoms with Crippen LogP contribution in [0.2, 0.25) is 0 Å². The first-order valence-corrected chi connectivity index (χ1v) is 8.13. The Balaban J connectivity index is 2.03. The fraction of sp³-hybridized carbons (Fsp3) is 0.714. The molecule has 0 amide bonds. The lowest BCUT2D eigenvalue weighted by molar-refractivity contribution is -0.144. The molecule has 2 rings (SSSR count). The van der Waals surface area contributed by atoms with Gasteiger partial charge >= 0.3 is 5.97 Å². The molecule has 2 heterocycles. The highest BCUT2D eigenvalue weighted by atomic mass is 32.1. The number of aromatic nitrogens is 1. The Bertz CT molecular complexity index is 445. The zero-order valence-corrected chi connectivity index (χ0v) is 13.0. The molecule has 1 N–H and O–H groups in total. The predicted molar refractivity (Wildman–Crippen MR) is 81.4 cm³/mol. The highest BCUT2D eigenvalue weighted by Gasteiger charge is 2.28. The average Bonchev–Trinajstić information content (AvgIpc) is 2.89. The molecular formula is C14H23N3O2S. The van der Waals surface area contributed by atoms with Crippen molar-refractivity contribution in [2.24, 2.45) is 0 Å². The second-order valence-electron chi connectivity index (χ2n) is 5.10. The lowest BCUT2D eigenvalue weighted by atomic mass is 10.0. The van der Waals surface area contributed by atoms with E-state index in [-0.39, 0.29) is 6.04 Å². The highest BCUT2D eigenvalue weighted by Crippen LogP contribution is 2.26. The lowest BCUT2D eigenvalue weighted by Crippen LogP contribution is -2.43. The van der Waals surface area contributed by atoms with Crippen LogP contribution in [-0.4, -0.2) is 46.6 Å². The third kappa shape index (κ3) is 3.49. The van der Waals surface area contributed by atoms with Crippen molar-refractivity contribution in [1.82, 2.24) is 9.88 Å². The number of carboxylic acid groups (broad SMARTS) is 1. The van der Waals surface area contributed by atoms with Crippen molar-refractivity contribution in [3.63, 3.8) is 0 Å². The number of anilines is 1. The number of hydrogen-bond acceptors (Lipinski definition) is 5. The van der Waals surface area contributed by atoms with Crippen molar-refractivity contribution >= 4 is 22.4 Å². The van der Waals surface area contributed by atoms with Gasteiger partial charge in [0.2, 0.25) is 0 Å². The van der Waals surface area contributed by atoms with Crippen LogP contribution < -0.4 is 4.90 Å². The summed E-state index contributed by atoms with van der Waals surface area (Å²) >= 11 is 1.68. The molecule has 0 saturated carbocycles. The van der Waals surface area contributed by atoms with E-state index in [9.17, 15) is 9.90 Å². The van der Waals surface area contributed by atoms with E-state index in [1.54, 1.807) is 11.3 Å². The molecule has 1 atom stereocenters. The minimum atomic E-state index is -0.696. The molecule has 20 heavy (non-hydrogen) atoms. The Morgan fingerprint density at radius 3 is 2.90 bits per heavy atom. The maximum Gasteiger partial charge on any atom is 0.320 e. The molecule has 1 aliphatic heterocycles. The molecule has 0 aromatic carbocycles. The van der Waals surface area contributed by atoms with E-state index >= 15 is 0 Å². The van der Waals surface area contributed by atoms with Crippen LogP contribution in [0.3, 0.4) is 0 Å². The number of carbonyl (C=O) groups is 1. The van der Waals surface area contributed by atoms with Gasteiger partial charge in [0.15, 0.2) is 5.13 Å². The fourth-order valence-corrected chi connectivity index (χ4v) is 3.73. The first-order chi connectivity index (χ1) is 9.65. The summed E-state index contributed by atoms with van der Waals surface area (Å²) in [5.74, 6) is -0.696. The maximum atomic E-state index is 11.3. The standard InChI is InChI=1S/C14H23N3O2S/c1-3-16(4-2)14-15-9-11(20-14)10-17-8-6-5-7-12(17)13(18)19/h9,12H,3-8,10H2,1-2H3,(H,18,19). The molecule has 112 valence electrons. The maximum absolute atomic E-state index is 11.3. The van der Waals surface area contributed by atoms with Gasteiger partial charge in [0.05, 0.1) is 0 Å². The van der Waals surface area contributed by atoms with Crippen LogP contribution in [0.15, 0.2) is 6.20 Å². The Morgan fingerprint density at radius 2 is 2.25 bits per heavy atom. The van der Waals surface area contributed by atoms with Gasteiger partial charge in [-0.15, -0.1) is 11.3 Å². The summed E-state index contributed by atoms with van der Waals surface area (Å²) in [4.78, 5) is 21.2. The number of carboxylic acids is 1. The van der Waals surface area contributed by atoms with Gasteiger partial charge in [-0.1, -0.05) is 6.42 Å². The SMILES string of the molecule is CCN(CC)c1ncc(CN2CCCCC2C(=O)O)s1. The second-order valence-corrected chi connectivity index (χ2v) is 6.20. The van der Waals surface area contributed by atoms with Gasteiger partial charge < -0.3 is 10.0 Å². The Kier molecular flexibility index (Phi) is 5.37. The summed E-state index contributed by atoms with van der Waals surface area (Å²) < 4.78 is 0. The van der Waals surface area contributed by atoms with Gasteiger partial charge in [-0.3, -0.25) is 9.69 Å². The Hall–Kier alpha value is -1.14. The monoisotopic (exact) mass is 297 g/mol. The minimum Gasteiger partial charge on any atom is -0.480 e. The molecule has 1 saturated heterocycles. The quantitative estimate of drug-likeness (QED) is 0.874. The summed E-state index contributed by atoms with van der Waals surface area (Å²) in [5, 5.41) is 10.3. The molecule has 6 heteroatoms. The van der Waals surface area contributed by atoms with Crippen molar-refractivity contribution in [1.29, 1.82) is 0 Å². The molecule has 5 nitrogen and oxygen atoms in total. The molecule has 0 aliphatic carbocycles. The predicted octanol–water partition coefficient (Wildman–Crippen LogP) is 2.43. The third-order valence-corrected chi connectivity index (χ3v) is 4.88. The van der Waals surface area contributed by atoms with Crippen molar-refractivity contribution < 1.29 is 9.90 Å². The second kappa shape index (κ2) is 7.04. The molecule has 0 bridgehead atoms. The van der Waals surface area contributed by atoms with Gasteiger partial charge in [-0.05, 0) is 33.2 Å². The first kappa shape index (κ1) is 15.3. The smallest absolute Gasteiger partial charge is 0.320 e. The minimum absolute atomic E-state index is 0.331. The van der Waals surface area contributed by atoms with Crippen LogP contribution in [-0.2, 0) is 11.3 Å². The van der Waals surface area contributed by atoms with E-state index in [1.807, 2.05) is 6.20 Å². The summed E-state index contributed by atoms with van der Waals surface area (Å²) in [7, 11) is 0. The zero-order valence-electron chi connectivity index (χ0n) is 12.2. The number of likely N-dealkylation sites (tertiary alicyclic amines) is 1. The Morgan fingerprint density at radius 1 is 1.50 bits per heavy atom. The number of piperidine rings is 1. The normalized spacial score (nSPS) is 20.0. The van der Waals surface area contributed by atoms with E-state index < -0.39 is 5.97 Å². The summed E-state index contributed by atoms with van der Waals surface area (Å²) in [6.45, 7) is 7.71. The van der Waals surface area contributed by atoms with Gasteiger partial charge in [-0.2, -0.15) is 0 Å². The third-order valence-electron chi connectivity index (χ3n) is 3.83. The molecule has 1 unspecified atom stereocenters.